The zero-order chi connectivity index (χ0) is 9.97. The Kier molecular flexibility index (Phi) is 3.21. The molecule has 3 heteroatoms. The van der Waals surface area contributed by atoms with E-state index in [0.29, 0.717) is 12.6 Å². The lowest BCUT2D eigenvalue weighted by Crippen LogP contribution is -2.29. The molecule has 14 heavy (non-hydrogen) atoms. The first-order chi connectivity index (χ1) is 6.83. The lowest BCUT2D eigenvalue weighted by atomic mass is 10.2. The minimum Gasteiger partial charge on any atom is -0.329 e. The van der Waals surface area contributed by atoms with Gasteiger partial charge in [0.05, 0.1) is 6.04 Å². The summed E-state index contributed by atoms with van der Waals surface area (Å²) >= 11 is 1.89. The van der Waals surface area contributed by atoms with Gasteiger partial charge < -0.3 is 11.1 Å². The van der Waals surface area contributed by atoms with E-state index in [4.69, 9.17) is 5.73 Å². The first kappa shape index (κ1) is 10.1. The van der Waals surface area contributed by atoms with E-state index in [1.807, 2.05) is 11.3 Å². The maximum Gasteiger partial charge on any atom is 0.0541 e. The van der Waals surface area contributed by atoms with Crippen LogP contribution < -0.4 is 11.1 Å². The smallest absolute Gasteiger partial charge is 0.0541 e. The Morgan fingerprint density at radius 3 is 2.86 bits per heavy atom. The van der Waals surface area contributed by atoms with Gasteiger partial charge in [-0.2, -0.15) is 0 Å². The first-order valence-corrected chi connectivity index (χ1v) is 6.20. The minimum atomic E-state index is 0.382. The summed E-state index contributed by atoms with van der Waals surface area (Å²) in [5, 5.41) is 3.58. The quantitative estimate of drug-likeness (QED) is 0.780. The molecule has 1 fully saturated rings. The monoisotopic (exact) mass is 210 g/mol. The number of nitrogens with one attached hydrogen (secondary N) is 1. The van der Waals surface area contributed by atoms with Crippen LogP contribution in [0.3, 0.4) is 0 Å². The van der Waals surface area contributed by atoms with Crippen molar-refractivity contribution >= 4 is 11.3 Å². The summed E-state index contributed by atoms with van der Waals surface area (Å²) < 4.78 is 0. The van der Waals surface area contributed by atoms with Crippen molar-refractivity contribution in [3.05, 3.63) is 21.9 Å². The topological polar surface area (TPSA) is 38.0 Å². The first-order valence-electron chi connectivity index (χ1n) is 5.38. The predicted molar refractivity (Wildman–Crippen MR) is 61.7 cm³/mol. The molecule has 0 bridgehead atoms. The molecule has 2 nitrogen and oxygen atoms in total. The SMILES string of the molecule is CCc1ccc(C(CN)NC2CC2)s1. The van der Waals surface area contributed by atoms with Gasteiger partial charge in [-0.3, -0.25) is 0 Å². The molecule has 78 valence electrons. The maximum absolute atomic E-state index is 5.78. The average Bonchev–Trinajstić information content (AvgIpc) is 2.90. The van der Waals surface area contributed by atoms with Gasteiger partial charge in [0.2, 0.25) is 0 Å². The molecule has 0 saturated heterocycles. The van der Waals surface area contributed by atoms with Crippen LogP contribution in [0.15, 0.2) is 12.1 Å². The van der Waals surface area contributed by atoms with Crippen molar-refractivity contribution in [2.75, 3.05) is 6.54 Å². The van der Waals surface area contributed by atoms with Crippen LogP contribution in [-0.4, -0.2) is 12.6 Å². The van der Waals surface area contributed by atoms with Gasteiger partial charge in [0.1, 0.15) is 0 Å². The summed E-state index contributed by atoms with van der Waals surface area (Å²) in [5.74, 6) is 0. The Morgan fingerprint density at radius 1 is 1.57 bits per heavy atom. The van der Waals surface area contributed by atoms with Crippen LogP contribution in [0.1, 0.15) is 35.6 Å². The fourth-order valence-corrected chi connectivity index (χ4v) is 2.60. The highest BCUT2D eigenvalue weighted by Crippen LogP contribution is 2.27. The van der Waals surface area contributed by atoms with E-state index < -0.39 is 0 Å². The molecule has 1 saturated carbocycles. The molecule has 1 heterocycles. The lowest BCUT2D eigenvalue weighted by molar-refractivity contribution is 0.546. The Balaban J connectivity index is 2.01. The Hall–Kier alpha value is -0.380. The Morgan fingerprint density at radius 2 is 2.36 bits per heavy atom. The lowest BCUT2D eigenvalue weighted by Gasteiger charge is -2.14. The van der Waals surface area contributed by atoms with E-state index in [2.05, 4.69) is 24.4 Å². The summed E-state index contributed by atoms with van der Waals surface area (Å²) in [5.41, 5.74) is 5.78. The van der Waals surface area contributed by atoms with Crippen molar-refractivity contribution in [2.45, 2.75) is 38.3 Å². The van der Waals surface area contributed by atoms with E-state index >= 15 is 0 Å². The van der Waals surface area contributed by atoms with Gasteiger partial charge in [-0.15, -0.1) is 11.3 Å². The second-order valence-corrected chi connectivity index (χ2v) is 5.09. The highest BCUT2D eigenvalue weighted by Gasteiger charge is 2.25. The van der Waals surface area contributed by atoms with Crippen molar-refractivity contribution < 1.29 is 0 Å². The second kappa shape index (κ2) is 4.43. The number of hydrogen-bond donors (Lipinski definition) is 2. The minimum absolute atomic E-state index is 0.382. The van der Waals surface area contributed by atoms with E-state index in [9.17, 15) is 0 Å². The van der Waals surface area contributed by atoms with Gasteiger partial charge in [-0.05, 0) is 31.4 Å². The molecule has 0 spiro atoms. The molecule has 2 rings (SSSR count). The molecule has 1 aliphatic rings. The van der Waals surface area contributed by atoms with Crippen LogP contribution in [-0.2, 0) is 6.42 Å². The van der Waals surface area contributed by atoms with E-state index in [1.54, 1.807) is 0 Å². The third-order valence-electron chi connectivity index (χ3n) is 2.62. The van der Waals surface area contributed by atoms with E-state index in [0.717, 1.165) is 12.5 Å². The largest absolute Gasteiger partial charge is 0.329 e. The fraction of sp³-hybridized carbons (Fsp3) is 0.636. The number of rotatable bonds is 5. The maximum atomic E-state index is 5.78. The van der Waals surface area contributed by atoms with Gasteiger partial charge >= 0.3 is 0 Å². The normalized spacial score (nSPS) is 18.4. The third-order valence-corrected chi connectivity index (χ3v) is 3.97. The average molecular weight is 210 g/mol. The van der Waals surface area contributed by atoms with Gasteiger partial charge in [-0.25, -0.2) is 0 Å². The van der Waals surface area contributed by atoms with Crippen LogP contribution in [0, 0.1) is 0 Å². The molecular formula is C11H18N2S. The predicted octanol–water partition coefficient (Wildman–Crippen LogP) is 2.06. The van der Waals surface area contributed by atoms with Crippen molar-refractivity contribution in [3.8, 4) is 0 Å². The number of hydrogen-bond acceptors (Lipinski definition) is 3. The molecule has 0 radical (unpaired) electrons. The van der Waals surface area contributed by atoms with Crippen molar-refractivity contribution in [3.63, 3.8) is 0 Å². The van der Waals surface area contributed by atoms with Crippen LogP contribution in [0.4, 0.5) is 0 Å². The molecule has 0 aliphatic heterocycles. The second-order valence-electron chi connectivity index (χ2n) is 3.89. The van der Waals surface area contributed by atoms with Crippen LogP contribution in [0.2, 0.25) is 0 Å². The summed E-state index contributed by atoms with van der Waals surface area (Å²) in [4.78, 5) is 2.85. The summed E-state index contributed by atoms with van der Waals surface area (Å²) in [6, 6.07) is 5.55. The fourth-order valence-electron chi connectivity index (χ4n) is 1.57. The van der Waals surface area contributed by atoms with E-state index in [1.165, 1.54) is 22.6 Å². The van der Waals surface area contributed by atoms with E-state index in [-0.39, 0.29) is 0 Å². The Labute approximate surface area is 89.5 Å². The van der Waals surface area contributed by atoms with Crippen LogP contribution in [0.5, 0.6) is 0 Å². The highest BCUT2D eigenvalue weighted by atomic mass is 32.1. The molecule has 3 N–H and O–H groups in total. The summed E-state index contributed by atoms with van der Waals surface area (Å²) in [6.07, 6.45) is 3.77. The van der Waals surface area contributed by atoms with Crippen LogP contribution >= 0.6 is 11.3 Å². The van der Waals surface area contributed by atoms with Crippen molar-refractivity contribution in [2.24, 2.45) is 5.73 Å². The molecule has 1 aromatic heterocycles. The molecule has 1 unspecified atom stereocenters. The van der Waals surface area contributed by atoms with Gasteiger partial charge in [-0.1, -0.05) is 6.92 Å². The third kappa shape index (κ3) is 2.35. The number of thiophene rings is 1. The van der Waals surface area contributed by atoms with Crippen molar-refractivity contribution in [1.29, 1.82) is 0 Å². The standard InChI is InChI=1S/C11H18N2S/c1-2-9-5-6-11(14-9)10(7-12)13-8-3-4-8/h5-6,8,10,13H,2-4,7,12H2,1H3. The zero-order valence-corrected chi connectivity index (χ0v) is 9.44. The molecule has 0 aromatic carbocycles. The molecule has 1 atom stereocenters. The Bertz CT molecular complexity index is 291. The summed E-state index contributed by atoms with van der Waals surface area (Å²) in [7, 11) is 0. The van der Waals surface area contributed by atoms with Crippen LogP contribution in [0.25, 0.3) is 0 Å². The van der Waals surface area contributed by atoms with Gasteiger partial charge in [0.25, 0.3) is 0 Å². The molecular weight excluding hydrogens is 192 g/mol. The van der Waals surface area contributed by atoms with Gasteiger partial charge in [0.15, 0.2) is 0 Å². The zero-order valence-electron chi connectivity index (χ0n) is 8.62. The molecule has 1 aliphatic carbocycles. The highest BCUT2D eigenvalue weighted by molar-refractivity contribution is 7.12. The molecule has 0 amide bonds. The summed E-state index contributed by atoms with van der Waals surface area (Å²) in [6.45, 7) is 2.90. The number of aryl methyl sites for hydroxylation is 1. The molecule has 1 aromatic rings. The number of nitrogens with two attached hydrogens (primary N) is 1. The van der Waals surface area contributed by atoms with Gasteiger partial charge in [0, 0.05) is 22.3 Å². The van der Waals surface area contributed by atoms with Crippen molar-refractivity contribution in [1.82, 2.24) is 5.32 Å².